The Kier molecular flexibility index (Phi) is 2.91. The van der Waals surface area contributed by atoms with Crippen molar-refractivity contribution in [3.05, 3.63) is 24.0 Å². The number of anilines is 1. The molecule has 76 valence electrons. The Morgan fingerprint density at radius 1 is 1.57 bits per heavy atom. The number of carbonyl (C=O) groups excluding carboxylic acids is 1. The minimum absolute atomic E-state index is 0.137. The molecule has 0 radical (unpaired) electrons. The molecule has 0 aromatic heterocycles. The molecule has 1 unspecified atom stereocenters. The maximum atomic E-state index is 13.1. The molecule has 0 aliphatic carbocycles. The normalized spacial score (nSPS) is 12.1. The van der Waals surface area contributed by atoms with Gasteiger partial charge in [-0.05, 0) is 19.1 Å². The number of nitrogen functional groups attached to an aromatic ring is 1. The smallest absolute Gasteiger partial charge is 0.258 e. The van der Waals surface area contributed by atoms with Gasteiger partial charge in [0.25, 0.3) is 5.91 Å². The highest BCUT2D eigenvalue weighted by atomic mass is 19.1. The lowest BCUT2D eigenvalue weighted by atomic mass is 10.3. The third-order valence-electron chi connectivity index (χ3n) is 1.69. The number of hydrogen-bond acceptors (Lipinski definition) is 3. The number of primary amides is 1. The average Bonchev–Trinajstić information content (AvgIpc) is 2.11. The SMILES string of the molecule is CC(Oc1c(N)cccc1F)C(N)=O. The standard InChI is InChI=1S/C9H11FN2O2/c1-5(9(12)13)14-8-6(10)3-2-4-7(8)11/h2-5H,11H2,1H3,(H2,12,13). The summed E-state index contributed by atoms with van der Waals surface area (Å²) in [6.45, 7) is 1.42. The Hall–Kier alpha value is -1.78. The first-order valence-electron chi connectivity index (χ1n) is 4.02. The van der Waals surface area contributed by atoms with Crippen molar-refractivity contribution in [2.75, 3.05) is 5.73 Å². The van der Waals surface area contributed by atoms with Crippen molar-refractivity contribution in [2.24, 2.45) is 5.73 Å². The summed E-state index contributed by atoms with van der Waals surface area (Å²) >= 11 is 0. The molecule has 1 amide bonds. The van der Waals surface area contributed by atoms with Gasteiger partial charge in [0.15, 0.2) is 17.7 Å². The van der Waals surface area contributed by atoms with Gasteiger partial charge < -0.3 is 16.2 Å². The minimum Gasteiger partial charge on any atom is -0.476 e. The molecule has 4 nitrogen and oxygen atoms in total. The molecule has 0 saturated heterocycles. The fraction of sp³-hybridized carbons (Fsp3) is 0.222. The van der Waals surface area contributed by atoms with Gasteiger partial charge in [0.1, 0.15) is 0 Å². The van der Waals surface area contributed by atoms with Crippen LogP contribution >= 0.6 is 0 Å². The quantitative estimate of drug-likeness (QED) is 0.700. The number of carbonyl (C=O) groups is 1. The van der Waals surface area contributed by atoms with Gasteiger partial charge in [0.2, 0.25) is 0 Å². The van der Waals surface area contributed by atoms with E-state index < -0.39 is 17.8 Å². The third kappa shape index (κ3) is 2.12. The summed E-state index contributed by atoms with van der Waals surface area (Å²) in [5.74, 6) is -1.43. The Balaban J connectivity index is 2.91. The van der Waals surface area contributed by atoms with Crippen LogP contribution in [0.5, 0.6) is 5.75 Å². The molecule has 4 N–H and O–H groups in total. The highest BCUT2D eigenvalue weighted by Gasteiger charge is 2.15. The van der Waals surface area contributed by atoms with E-state index in [1.807, 2.05) is 0 Å². The van der Waals surface area contributed by atoms with Crippen molar-refractivity contribution in [3.63, 3.8) is 0 Å². The van der Waals surface area contributed by atoms with E-state index in [4.69, 9.17) is 16.2 Å². The van der Waals surface area contributed by atoms with E-state index in [1.54, 1.807) is 0 Å². The number of halogens is 1. The number of rotatable bonds is 3. The van der Waals surface area contributed by atoms with Crippen LogP contribution in [0.25, 0.3) is 0 Å². The minimum atomic E-state index is -0.908. The first-order valence-corrected chi connectivity index (χ1v) is 4.02. The Labute approximate surface area is 80.6 Å². The van der Waals surface area contributed by atoms with Crippen molar-refractivity contribution >= 4 is 11.6 Å². The molecule has 0 aliphatic heterocycles. The molecule has 1 aromatic rings. The van der Waals surface area contributed by atoms with Gasteiger partial charge in [-0.25, -0.2) is 4.39 Å². The molecule has 1 aromatic carbocycles. The van der Waals surface area contributed by atoms with Crippen molar-refractivity contribution in [1.29, 1.82) is 0 Å². The lowest BCUT2D eigenvalue weighted by Crippen LogP contribution is -2.31. The fourth-order valence-corrected chi connectivity index (χ4v) is 0.885. The monoisotopic (exact) mass is 198 g/mol. The molecule has 1 atom stereocenters. The summed E-state index contributed by atoms with van der Waals surface area (Å²) in [6, 6.07) is 4.12. The number of benzene rings is 1. The summed E-state index contributed by atoms with van der Waals surface area (Å²) in [7, 11) is 0. The van der Waals surface area contributed by atoms with E-state index in [9.17, 15) is 9.18 Å². The number of nitrogens with two attached hydrogens (primary N) is 2. The van der Waals surface area contributed by atoms with E-state index in [0.717, 1.165) is 0 Å². The molecule has 0 saturated carbocycles. The van der Waals surface area contributed by atoms with Gasteiger partial charge in [-0.15, -0.1) is 0 Å². The molecule has 0 heterocycles. The number of para-hydroxylation sites is 1. The van der Waals surface area contributed by atoms with E-state index in [0.29, 0.717) is 0 Å². The first kappa shape index (κ1) is 10.3. The van der Waals surface area contributed by atoms with Crippen LogP contribution in [0.1, 0.15) is 6.92 Å². The summed E-state index contributed by atoms with van der Waals surface area (Å²) in [5.41, 5.74) is 10.5. The zero-order valence-electron chi connectivity index (χ0n) is 7.66. The molecule has 5 heteroatoms. The van der Waals surface area contributed by atoms with Gasteiger partial charge in [0, 0.05) is 0 Å². The summed E-state index contributed by atoms with van der Waals surface area (Å²) in [5, 5.41) is 0. The highest BCUT2D eigenvalue weighted by molar-refractivity contribution is 5.79. The largest absolute Gasteiger partial charge is 0.476 e. The second-order valence-electron chi connectivity index (χ2n) is 2.82. The fourth-order valence-electron chi connectivity index (χ4n) is 0.885. The van der Waals surface area contributed by atoms with Gasteiger partial charge in [-0.3, -0.25) is 4.79 Å². The molecular formula is C9H11FN2O2. The zero-order valence-corrected chi connectivity index (χ0v) is 7.66. The van der Waals surface area contributed by atoms with E-state index >= 15 is 0 Å². The maximum Gasteiger partial charge on any atom is 0.258 e. The Bertz CT molecular complexity index is 334. The van der Waals surface area contributed by atoms with Crippen LogP contribution in [-0.2, 0) is 4.79 Å². The molecule has 0 bridgehead atoms. The molecule has 0 fully saturated rings. The number of amides is 1. The summed E-state index contributed by atoms with van der Waals surface area (Å²) in [6.07, 6.45) is -0.908. The third-order valence-corrected chi connectivity index (χ3v) is 1.69. The average molecular weight is 198 g/mol. The Morgan fingerprint density at radius 3 is 2.71 bits per heavy atom. The molecule has 1 rings (SSSR count). The van der Waals surface area contributed by atoms with Crippen molar-refractivity contribution in [3.8, 4) is 5.75 Å². The van der Waals surface area contributed by atoms with Crippen LogP contribution in [0.3, 0.4) is 0 Å². The number of hydrogen-bond donors (Lipinski definition) is 2. The van der Waals surface area contributed by atoms with Gasteiger partial charge in [-0.2, -0.15) is 0 Å². The van der Waals surface area contributed by atoms with Gasteiger partial charge in [0.05, 0.1) is 5.69 Å². The summed E-state index contributed by atoms with van der Waals surface area (Å²) in [4.78, 5) is 10.7. The van der Waals surface area contributed by atoms with Crippen LogP contribution in [0.4, 0.5) is 10.1 Å². The highest BCUT2D eigenvalue weighted by Crippen LogP contribution is 2.25. The van der Waals surface area contributed by atoms with Gasteiger partial charge in [-0.1, -0.05) is 6.07 Å². The lowest BCUT2D eigenvalue weighted by Gasteiger charge is -2.13. The predicted molar refractivity (Wildman–Crippen MR) is 50.1 cm³/mol. The second-order valence-corrected chi connectivity index (χ2v) is 2.82. The van der Waals surface area contributed by atoms with Crippen LogP contribution in [0, 0.1) is 5.82 Å². The lowest BCUT2D eigenvalue weighted by molar-refractivity contribution is -0.124. The molecule has 0 aliphatic rings. The van der Waals surface area contributed by atoms with Crippen LogP contribution in [0.2, 0.25) is 0 Å². The van der Waals surface area contributed by atoms with Gasteiger partial charge >= 0.3 is 0 Å². The van der Waals surface area contributed by atoms with Crippen molar-refractivity contribution in [2.45, 2.75) is 13.0 Å². The first-order chi connectivity index (χ1) is 6.52. The maximum absolute atomic E-state index is 13.1. The van der Waals surface area contributed by atoms with E-state index in [-0.39, 0.29) is 11.4 Å². The summed E-state index contributed by atoms with van der Waals surface area (Å²) < 4.78 is 18.1. The van der Waals surface area contributed by atoms with Crippen LogP contribution < -0.4 is 16.2 Å². The van der Waals surface area contributed by atoms with Crippen LogP contribution in [0.15, 0.2) is 18.2 Å². The number of ether oxygens (including phenoxy) is 1. The Morgan fingerprint density at radius 2 is 2.21 bits per heavy atom. The van der Waals surface area contributed by atoms with E-state index in [1.165, 1.54) is 25.1 Å². The van der Waals surface area contributed by atoms with Crippen molar-refractivity contribution in [1.82, 2.24) is 0 Å². The van der Waals surface area contributed by atoms with E-state index in [2.05, 4.69) is 0 Å². The van der Waals surface area contributed by atoms with Crippen molar-refractivity contribution < 1.29 is 13.9 Å². The predicted octanol–water partition coefficient (Wildman–Crippen LogP) is 0.661. The molecule has 14 heavy (non-hydrogen) atoms. The molecular weight excluding hydrogens is 187 g/mol. The second kappa shape index (κ2) is 3.95. The zero-order chi connectivity index (χ0) is 10.7. The van der Waals surface area contributed by atoms with Crippen LogP contribution in [-0.4, -0.2) is 12.0 Å². The molecule has 0 spiro atoms. The topological polar surface area (TPSA) is 78.3 Å².